The highest BCUT2D eigenvalue weighted by Crippen LogP contribution is 2.35. The van der Waals surface area contributed by atoms with Crippen molar-refractivity contribution in [3.63, 3.8) is 0 Å². The number of benzene rings is 2. The number of nitrogens with one attached hydrogen (secondary N) is 1. The molecule has 1 amide bonds. The number of ether oxygens (including phenoxy) is 2. The van der Waals surface area contributed by atoms with Crippen LogP contribution in [0.3, 0.4) is 0 Å². The van der Waals surface area contributed by atoms with Gasteiger partial charge >= 0.3 is 6.09 Å². The maximum absolute atomic E-state index is 13.3. The van der Waals surface area contributed by atoms with E-state index in [9.17, 15) is 9.18 Å². The first-order valence-corrected chi connectivity index (χ1v) is 11.3. The number of amides is 1. The fourth-order valence-electron chi connectivity index (χ4n) is 4.51. The highest BCUT2D eigenvalue weighted by molar-refractivity contribution is 9.14. The zero-order chi connectivity index (χ0) is 22.2. The van der Waals surface area contributed by atoms with Gasteiger partial charge in [-0.3, -0.25) is 4.90 Å². The summed E-state index contributed by atoms with van der Waals surface area (Å²) in [7, 11) is 1.63. The molecule has 32 heavy (non-hydrogen) atoms. The van der Waals surface area contributed by atoms with Crippen LogP contribution in [0.4, 0.5) is 9.18 Å². The Hall–Kier alpha value is -3.06. The van der Waals surface area contributed by atoms with Gasteiger partial charge in [-0.2, -0.15) is 0 Å². The lowest BCUT2D eigenvalue weighted by Gasteiger charge is -2.35. The molecule has 2 aliphatic rings. The number of carbonyl (C=O) groups is 1. The quantitative estimate of drug-likeness (QED) is 0.585. The van der Waals surface area contributed by atoms with E-state index in [4.69, 9.17) is 9.47 Å². The highest BCUT2D eigenvalue weighted by Gasteiger charge is 2.35. The molecule has 0 bridgehead atoms. The van der Waals surface area contributed by atoms with E-state index in [0.717, 1.165) is 41.6 Å². The molecule has 0 spiro atoms. The van der Waals surface area contributed by atoms with Crippen molar-refractivity contribution in [1.82, 2.24) is 9.88 Å². The minimum absolute atomic E-state index is 0.311. The summed E-state index contributed by atoms with van der Waals surface area (Å²) in [6.07, 6.45) is 4.40. The monoisotopic (exact) mass is 496 g/mol. The summed E-state index contributed by atoms with van der Waals surface area (Å²) in [5.74, 6) is 0.685. The van der Waals surface area contributed by atoms with Crippen LogP contribution in [0.25, 0.3) is 10.6 Å². The summed E-state index contributed by atoms with van der Waals surface area (Å²) >= 11 is 3.76. The van der Waals surface area contributed by atoms with Crippen LogP contribution in [0, 0.1) is 5.82 Å². The summed E-state index contributed by atoms with van der Waals surface area (Å²) in [6, 6.07) is 12.9. The molecule has 0 radical (unpaired) electrons. The van der Waals surface area contributed by atoms with Gasteiger partial charge in [0.05, 0.1) is 7.11 Å². The van der Waals surface area contributed by atoms with Crippen molar-refractivity contribution < 1.29 is 18.7 Å². The third-order valence-corrected chi connectivity index (χ3v) is 6.81. The number of nitrogens with zero attached hydrogens (tertiary/aromatic N) is 1. The molecule has 164 valence electrons. The predicted molar refractivity (Wildman–Crippen MR) is 124 cm³/mol. The maximum Gasteiger partial charge on any atom is 0.416 e. The third-order valence-electron chi connectivity index (χ3n) is 6.02. The topological polar surface area (TPSA) is 54.6 Å². The van der Waals surface area contributed by atoms with Crippen LogP contribution in [-0.4, -0.2) is 29.6 Å². The third kappa shape index (κ3) is 3.71. The van der Waals surface area contributed by atoms with E-state index in [-0.39, 0.29) is 11.9 Å². The second-order valence-electron chi connectivity index (χ2n) is 7.89. The zero-order valence-electron chi connectivity index (χ0n) is 17.5. The molecule has 2 heterocycles. The van der Waals surface area contributed by atoms with Gasteiger partial charge in [-0.15, -0.1) is 0 Å². The number of methoxy groups -OCH3 is 1. The van der Waals surface area contributed by atoms with E-state index in [1.54, 1.807) is 12.0 Å². The van der Waals surface area contributed by atoms with E-state index < -0.39 is 6.09 Å². The Morgan fingerprint density at radius 1 is 1.09 bits per heavy atom. The number of aromatic amines is 1. The molecule has 0 saturated carbocycles. The summed E-state index contributed by atoms with van der Waals surface area (Å²) in [5.41, 5.74) is 3.18. The Kier molecular flexibility index (Phi) is 5.51. The first-order chi connectivity index (χ1) is 15.5. The lowest BCUT2D eigenvalue weighted by molar-refractivity contribution is 0.135. The molecule has 7 heteroatoms. The molecule has 5 nitrogen and oxygen atoms in total. The molecule has 1 aromatic heterocycles. The van der Waals surface area contributed by atoms with Gasteiger partial charge < -0.3 is 14.5 Å². The number of rotatable bonds is 3. The van der Waals surface area contributed by atoms with Crippen LogP contribution in [0.1, 0.15) is 35.7 Å². The molecular formula is C25H22BrFN2O3. The summed E-state index contributed by atoms with van der Waals surface area (Å²) in [6.45, 7) is 0.508. The van der Waals surface area contributed by atoms with Crippen LogP contribution < -0.4 is 20.0 Å². The molecule has 1 unspecified atom stereocenters. The molecule has 3 aromatic rings. The van der Waals surface area contributed by atoms with Crippen molar-refractivity contribution in [1.29, 1.82) is 0 Å². The molecule has 1 aliphatic heterocycles. The Morgan fingerprint density at radius 2 is 1.81 bits per heavy atom. The average molecular weight is 497 g/mol. The second-order valence-corrected chi connectivity index (χ2v) is 8.85. The van der Waals surface area contributed by atoms with Crippen molar-refractivity contribution in [2.45, 2.75) is 25.3 Å². The van der Waals surface area contributed by atoms with Crippen LogP contribution in [-0.2, 0) is 6.42 Å². The fraction of sp³-hybridized carbons (Fsp3) is 0.240. The second kappa shape index (κ2) is 8.47. The molecule has 0 saturated heterocycles. The Labute approximate surface area is 193 Å². The normalized spacial score (nSPS) is 17.3. The SMILES string of the molecule is COc1ccc(C2c3[nH]c4c(c3CCN2C(=O)Oc2ccc(F)cc2)=C(Br)CCC=4)cc1. The van der Waals surface area contributed by atoms with Crippen molar-refractivity contribution in [3.8, 4) is 11.5 Å². The zero-order valence-corrected chi connectivity index (χ0v) is 19.1. The van der Waals surface area contributed by atoms with Gasteiger partial charge in [0.25, 0.3) is 0 Å². The standard InChI is InChI=1S/C25H22BrFN2O3/c1-31-17-9-5-15(6-10-17)24-23-19(22-20(26)3-2-4-21(22)28-23)13-14-29(24)25(30)32-18-11-7-16(27)8-12-18/h4-12,24,28H,2-3,13-14H2,1H3. The van der Waals surface area contributed by atoms with E-state index in [1.165, 1.54) is 39.5 Å². The number of halogens is 2. The summed E-state index contributed by atoms with van der Waals surface area (Å²) in [4.78, 5) is 18.5. The van der Waals surface area contributed by atoms with Crippen LogP contribution in [0.5, 0.6) is 11.5 Å². The van der Waals surface area contributed by atoms with E-state index in [0.29, 0.717) is 12.3 Å². The minimum Gasteiger partial charge on any atom is -0.497 e. The number of aromatic nitrogens is 1. The van der Waals surface area contributed by atoms with Gasteiger partial charge in [-0.25, -0.2) is 9.18 Å². The maximum atomic E-state index is 13.3. The van der Waals surface area contributed by atoms with Crippen LogP contribution >= 0.6 is 15.9 Å². The predicted octanol–water partition coefficient (Wildman–Crippen LogP) is 4.39. The van der Waals surface area contributed by atoms with Gasteiger partial charge in [-0.1, -0.05) is 34.1 Å². The number of hydrogen-bond acceptors (Lipinski definition) is 3. The Morgan fingerprint density at radius 3 is 2.53 bits per heavy atom. The van der Waals surface area contributed by atoms with Crippen LogP contribution in [0.15, 0.2) is 48.5 Å². The molecule has 1 atom stereocenters. The van der Waals surface area contributed by atoms with Gasteiger partial charge in [0.15, 0.2) is 0 Å². The van der Waals surface area contributed by atoms with Crippen molar-refractivity contribution in [2.75, 3.05) is 13.7 Å². The molecule has 0 fully saturated rings. The lowest BCUT2D eigenvalue weighted by atomic mass is 9.92. The van der Waals surface area contributed by atoms with Gasteiger partial charge in [0, 0.05) is 27.3 Å². The van der Waals surface area contributed by atoms with E-state index >= 15 is 0 Å². The number of fused-ring (bicyclic) bond motifs is 3. The van der Waals surface area contributed by atoms with Gasteiger partial charge in [0.2, 0.25) is 0 Å². The lowest BCUT2D eigenvalue weighted by Crippen LogP contribution is -2.43. The molecule has 1 N–H and O–H groups in total. The van der Waals surface area contributed by atoms with Crippen LogP contribution in [0.2, 0.25) is 0 Å². The smallest absolute Gasteiger partial charge is 0.416 e. The van der Waals surface area contributed by atoms with Gasteiger partial charge in [0.1, 0.15) is 23.4 Å². The van der Waals surface area contributed by atoms with Crippen molar-refractivity contribution >= 4 is 32.6 Å². The average Bonchev–Trinajstić information content (AvgIpc) is 3.20. The molecular weight excluding hydrogens is 475 g/mol. The van der Waals surface area contributed by atoms with E-state index in [2.05, 4.69) is 27.0 Å². The number of hydrogen-bond donors (Lipinski definition) is 1. The molecule has 5 rings (SSSR count). The summed E-state index contributed by atoms with van der Waals surface area (Å²) < 4.78 is 25.4. The molecule has 1 aliphatic carbocycles. The summed E-state index contributed by atoms with van der Waals surface area (Å²) in [5, 5.41) is 2.32. The first-order valence-electron chi connectivity index (χ1n) is 10.5. The Bertz CT molecular complexity index is 1280. The van der Waals surface area contributed by atoms with Gasteiger partial charge in [-0.05, 0) is 66.8 Å². The number of H-pyrrole nitrogens is 1. The largest absolute Gasteiger partial charge is 0.497 e. The number of carbonyl (C=O) groups excluding carboxylic acids is 1. The Balaban J connectivity index is 1.58. The van der Waals surface area contributed by atoms with Crippen molar-refractivity contribution in [3.05, 3.63) is 81.7 Å². The highest BCUT2D eigenvalue weighted by atomic mass is 79.9. The molecule has 2 aromatic carbocycles. The minimum atomic E-state index is -0.470. The fourth-order valence-corrected chi connectivity index (χ4v) is 5.20. The van der Waals surface area contributed by atoms with E-state index in [1.807, 2.05) is 24.3 Å². The van der Waals surface area contributed by atoms with Crippen molar-refractivity contribution in [2.24, 2.45) is 0 Å². The first kappa shape index (κ1) is 20.8.